The SMILES string of the molecule is COc1ccc(-c2nnn(C3CCN([C@H]4CC(=O)N(c5ccccc5Cl)C4=O)CC3)n2)cc1OC. The lowest BCUT2D eigenvalue weighted by molar-refractivity contribution is -0.123. The smallest absolute Gasteiger partial charge is 0.251 e. The Morgan fingerprint density at radius 1 is 1.00 bits per heavy atom. The molecule has 2 aliphatic rings. The number of amides is 2. The Morgan fingerprint density at radius 3 is 2.46 bits per heavy atom. The van der Waals surface area contributed by atoms with Crippen molar-refractivity contribution in [2.75, 3.05) is 32.2 Å². The van der Waals surface area contributed by atoms with Crippen molar-refractivity contribution in [3.8, 4) is 22.9 Å². The van der Waals surface area contributed by atoms with Crippen molar-refractivity contribution in [3.05, 3.63) is 47.5 Å². The van der Waals surface area contributed by atoms with Gasteiger partial charge in [-0.2, -0.15) is 4.80 Å². The van der Waals surface area contributed by atoms with Crippen molar-refractivity contribution in [1.82, 2.24) is 25.1 Å². The van der Waals surface area contributed by atoms with E-state index in [2.05, 4.69) is 20.3 Å². The Balaban J connectivity index is 1.25. The zero-order valence-corrected chi connectivity index (χ0v) is 20.2. The maximum absolute atomic E-state index is 13.1. The number of nitrogens with zero attached hydrogens (tertiary/aromatic N) is 6. The molecule has 1 atom stereocenters. The lowest BCUT2D eigenvalue weighted by Gasteiger charge is -2.34. The van der Waals surface area contributed by atoms with Gasteiger partial charge in [-0.3, -0.25) is 14.5 Å². The largest absolute Gasteiger partial charge is 0.493 e. The molecule has 0 unspecified atom stereocenters. The number of para-hydroxylation sites is 1. The van der Waals surface area contributed by atoms with E-state index in [1.165, 1.54) is 4.90 Å². The Hall–Kier alpha value is -3.50. The van der Waals surface area contributed by atoms with Crippen molar-refractivity contribution in [2.45, 2.75) is 31.3 Å². The van der Waals surface area contributed by atoms with E-state index in [4.69, 9.17) is 21.1 Å². The number of rotatable bonds is 6. The summed E-state index contributed by atoms with van der Waals surface area (Å²) in [6.45, 7) is 1.30. The molecule has 0 spiro atoms. The first-order chi connectivity index (χ1) is 17.0. The molecule has 182 valence electrons. The molecule has 2 aromatic carbocycles. The maximum Gasteiger partial charge on any atom is 0.251 e. The molecule has 0 radical (unpaired) electrons. The predicted molar refractivity (Wildman–Crippen MR) is 129 cm³/mol. The third-order valence-corrected chi connectivity index (χ3v) is 6.87. The number of ether oxygens (including phenoxy) is 2. The van der Waals surface area contributed by atoms with Gasteiger partial charge in [0.2, 0.25) is 11.7 Å². The molecule has 35 heavy (non-hydrogen) atoms. The monoisotopic (exact) mass is 496 g/mol. The fraction of sp³-hybridized carbons (Fsp3) is 0.375. The van der Waals surface area contributed by atoms with Crippen LogP contribution in [0.1, 0.15) is 25.3 Å². The average Bonchev–Trinajstić information content (AvgIpc) is 3.49. The van der Waals surface area contributed by atoms with Crippen molar-refractivity contribution < 1.29 is 19.1 Å². The fourth-order valence-corrected chi connectivity index (χ4v) is 4.91. The van der Waals surface area contributed by atoms with Gasteiger partial charge in [-0.15, -0.1) is 10.2 Å². The molecule has 3 aromatic rings. The number of imide groups is 1. The predicted octanol–water partition coefficient (Wildman–Crippen LogP) is 2.98. The van der Waals surface area contributed by atoms with Gasteiger partial charge in [0.05, 0.1) is 43.4 Å². The number of aromatic nitrogens is 4. The average molecular weight is 497 g/mol. The van der Waals surface area contributed by atoms with E-state index in [1.807, 2.05) is 12.1 Å². The highest BCUT2D eigenvalue weighted by molar-refractivity contribution is 6.36. The summed E-state index contributed by atoms with van der Waals surface area (Å²) in [6.07, 6.45) is 1.64. The molecule has 0 N–H and O–H groups in total. The van der Waals surface area contributed by atoms with Crippen LogP contribution in [0.4, 0.5) is 5.69 Å². The third-order valence-electron chi connectivity index (χ3n) is 6.55. The lowest BCUT2D eigenvalue weighted by atomic mass is 10.0. The highest BCUT2D eigenvalue weighted by Gasteiger charge is 2.44. The number of likely N-dealkylation sites (tertiary alicyclic amines) is 1. The summed E-state index contributed by atoms with van der Waals surface area (Å²) in [5.41, 5.74) is 1.22. The molecule has 2 fully saturated rings. The molecular weight excluding hydrogens is 472 g/mol. The van der Waals surface area contributed by atoms with Crippen LogP contribution in [0.2, 0.25) is 5.02 Å². The number of halogens is 1. The Morgan fingerprint density at radius 2 is 1.74 bits per heavy atom. The topological polar surface area (TPSA) is 103 Å². The molecule has 0 bridgehead atoms. The van der Waals surface area contributed by atoms with Gasteiger partial charge in [-0.1, -0.05) is 23.7 Å². The van der Waals surface area contributed by atoms with Crippen molar-refractivity contribution in [2.24, 2.45) is 0 Å². The Kier molecular flexibility index (Phi) is 6.40. The van der Waals surface area contributed by atoms with E-state index in [-0.39, 0.29) is 24.3 Å². The van der Waals surface area contributed by atoms with Crippen molar-refractivity contribution in [1.29, 1.82) is 0 Å². The molecule has 1 aromatic heterocycles. The number of piperidine rings is 1. The van der Waals surface area contributed by atoms with E-state index in [0.717, 1.165) is 18.4 Å². The van der Waals surface area contributed by atoms with Gasteiger partial charge in [0.25, 0.3) is 5.91 Å². The van der Waals surface area contributed by atoms with Crippen molar-refractivity contribution in [3.63, 3.8) is 0 Å². The Bertz CT molecular complexity index is 1260. The van der Waals surface area contributed by atoms with Gasteiger partial charge in [0.1, 0.15) is 0 Å². The molecule has 5 rings (SSSR count). The first-order valence-corrected chi connectivity index (χ1v) is 11.7. The van der Waals surface area contributed by atoms with Gasteiger partial charge < -0.3 is 9.47 Å². The van der Waals surface area contributed by atoms with E-state index < -0.39 is 6.04 Å². The molecule has 3 heterocycles. The minimum absolute atomic E-state index is 0.0551. The highest BCUT2D eigenvalue weighted by Crippen LogP contribution is 2.34. The van der Waals surface area contributed by atoms with Gasteiger partial charge in [0, 0.05) is 18.7 Å². The van der Waals surface area contributed by atoms with E-state index >= 15 is 0 Å². The molecule has 11 heteroatoms. The summed E-state index contributed by atoms with van der Waals surface area (Å²) in [4.78, 5) is 30.7. The van der Waals surface area contributed by atoms with Gasteiger partial charge in [-0.25, -0.2) is 4.90 Å². The molecule has 2 saturated heterocycles. The van der Waals surface area contributed by atoms with Gasteiger partial charge >= 0.3 is 0 Å². The van der Waals surface area contributed by atoms with E-state index in [0.29, 0.717) is 41.1 Å². The molecule has 0 saturated carbocycles. The number of carbonyl (C=O) groups excluding carboxylic acids is 2. The van der Waals surface area contributed by atoms with Gasteiger partial charge in [-0.05, 0) is 48.4 Å². The minimum atomic E-state index is -0.481. The second kappa shape index (κ2) is 9.63. The van der Waals surface area contributed by atoms with Crippen LogP contribution in [-0.2, 0) is 9.59 Å². The van der Waals surface area contributed by atoms with Crippen LogP contribution >= 0.6 is 11.6 Å². The Labute approximate surface area is 207 Å². The van der Waals surface area contributed by atoms with Crippen molar-refractivity contribution >= 4 is 29.1 Å². The molecular formula is C24H25ClN6O4. The first-order valence-electron chi connectivity index (χ1n) is 11.4. The summed E-state index contributed by atoms with van der Waals surface area (Å²) < 4.78 is 10.7. The number of anilines is 1. The molecule has 0 aliphatic carbocycles. The van der Waals surface area contributed by atoms with Gasteiger partial charge in [0.15, 0.2) is 11.5 Å². The fourth-order valence-electron chi connectivity index (χ4n) is 4.69. The molecule has 2 amide bonds. The van der Waals surface area contributed by atoms with Crippen LogP contribution in [0, 0.1) is 0 Å². The van der Waals surface area contributed by atoms with Crippen LogP contribution in [0.5, 0.6) is 11.5 Å². The quantitative estimate of drug-likeness (QED) is 0.480. The first kappa shape index (κ1) is 23.3. The summed E-state index contributed by atoms with van der Waals surface area (Å²) in [5.74, 6) is 1.27. The third kappa shape index (κ3) is 4.35. The molecule has 2 aliphatic heterocycles. The zero-order chi connectivity index (χ0) is 24.5. The number of carbonyl (C=O) groups is 2. The number of hydrogen-bond acceptors (Lipinski definition) is 8. The standard InChI is InChI=1S/C24H25ClN6O4/c1-34-20-8-7-15(13-21(20)35-2)23-26-28-31(27-23)16-9-11-29(12-10-16)19-14-22(32)30(24(19)33)18-6-4-3-5-17(18)25/h3-8,13,16,19H,9-12,14H2,1-2H3/t19-/m0/s1. The molecule has 10 nitrogen and oxygen atoms in total. The van der Waals surface area contributed by atoms with Crippen LogP contribution in [0.15, 0.2) is 42.5 Å². The van der Waals surface area contributed by atoms with Crippen LogP contribution in [0.3, 0.4) is 0 Å². The summed E-state index contributed by atoms with van der Waals surface area (Å²) in [6, 6.07) is 12.0. The van der Waals surface area contributed by atoms with Crippen LogP contribution < -0.4 is 14.4 Å². The number of benzene rings is 2. The summed E-state index contributed by atoms with van der Waals surface area (Å²) in [5, 5.41) is 13.4. The van der Waals surface area contributed by atoms with E-state index in [1.54, 1.807) is 49.3 Å². The second-order valence-electron chi connectivity index (χ2n) is 8.51. The van der Waals surface area contributed by atoms with E-state index in [9.17, 15) is 9.59 Å². The normalized spacial score (nSPS) is 19.4. The minimum Gasteiger partial charge on any atom is -0.493 e. The summed E-state index contributed by atoms with van der Waals surface area (Å²) >= 11 is 6.24. The van der Waals surface area contributed by atoms with Crippen LogP contribution in [-0.4, -0.2) is 70.3 Å². The maximum atomic E-state index is 13.1. The number of methoxy groups -OCH3 is 2. The van der Waals surface area contributed by atoms with Crippen LogP contribution in [0.25, 0.3) is 11.4 Å². The number of hydrogen-bond donors (Lipinski definition) is 0. The number of tetrazole rings is 1. The highest BCUT2D eigenvalue weighted by atomic mass is 35.5. The zero-order valence-electron chi connectivity index (χ0n) is 19.4. The summed E-state index contributed by atoms with van der Waals surface area (Å²) in [7, 11) is 3.16. The lowest BCUT2D eigenvalue weighted by Crippen LogP contribution is -2.46. The second-order valence-corrected chi connectivity index (χ2v) is 8.92.